The zero-order chi connectivity index (χ0) is 11.3. The molecule has 0 spiro atoms. The van der Waals surface area contributed by atoms with Gasteiger partial charge in [-0.25, -0.2) is 4.98 Å². The zero-order valence-corrected chi connectivity index (χ0v) is 9.92. The van der Waals surface area contributed by atoms with Gasteiger partial charge in [-0.15, -0.1) is 0 Å². The van der Waals surface area contributed by atoms with Gasteiger partial charge in [-0.1, -0.05) is 49.7 Å². The van der Waals surface area contributed by atoms with Crippen molar-refractivity contribution in [2.45, 2.75) is 19.3 Å². The summed E-state index contributed by atoms with van der Waals surface area (Å²) in [5.41, 5.74) is 4.28. The molecule has 0 amide bonds. The molecule has 1 aromatic carbocycles. The third kappa shape index (κ3) is 1.14. The van der Waals surface area contributed by atoms with E-state index in [0.717, 1.165) is 17.0 Å². The Labute approximate surface area is 99.3 Å². The van der Waals surface area contributed by atoms with Gasteiger partial charge in [0, 0.05) is 11.0 Å². The normalized spacial score (nSPS) is 15.7. The van der Waals surface area contributed by atoms with Gasteiger partial charge in [-0.2, -0.15) is 0 Å². The number of nitrogens with zero attached hydrogens (tertiary/aromatic N) is 2. The van der Waals surface area contributed by atoms with Gasteiger partial charge in [0.2, 0.25) is 0 Å². The van der Waals surface area contributed by atoms with E-state index in [9.17, 15) is 0 Å². The Kier molecular flexibility index (Phi) is 1.86. The zero-order valence-electron chi connectivity index (χ0n) is 9.16. The minimum atomic E-state index is -0.0798. The first kappa shape index (κ1) is 9.79. The van der Waals surface area contributed by atoms with Gasteiger partial charge in [0.25, 0.3) is 0 Å². The smallest absolute Gasteiger partial charge is 0.148 e. The van der Waals surface area contributed by atoms with Crippen molar-refractivity contribution in [3.8, 4) is 11.3 Å². The Morgan fingerprint density at radius 2 is 1.94 bits per heavy atom. The maximum absolute atomic E-state index is 5.91. The van der Waals surface area contributed by atoms with Crippen molar-refractivity contribution in [2.75, 3.05) is 0 Å². The summed E-state index contributed by atoms with van der Waals surface area (Å²) >= 11 is 5.91. The van der Waals surface area contributed by atoms with Crippen LogP contribution >= 0.6 is 11.6 Å². The number of fused-ring (bicyclic) bond motifs is 3. The van der Waals surface area contributed by atoms with Crippen LogP contribution < -0.4 is 0 Å². The molecule has 2 aromatic rings. The summed E-state index contributed by atoms with van der Waals surface area (Å²) in [5.74, 6) is 0. The van der Waals surface area contributed by atoms with Crippen molar-refractivity contribution in [1.29, 1.82) is 0 Å². The molecular weight excluding hydrogens is 220 g/mol. The van der Waals surface area contributed by atoms with E-state index in [-0.39, 0.29) is 5.41 Å². The van der Waals surface area contributed by atoms with Gasteiger partial charge >= 0.3 is 0 Å². The molecule has 0 bridgehead atoms. The Morgan fingerprint density at radius 3 is 2.75 bits per heavy atom. The summed E-state index contributed by atoms with van der Waals surface area (Å²) in [6.45, 7) is 4.33. The summed E-state index contributed by atoms with van der Waals surface area (Å²) in [7, 11) is 0. The van der Waals surface area contributed by atoms with Crippen LogP contribution in [0.5, 0.6) is 0 Å². The number of halogens is 1. The fourth-order valence-corrected chi connectivity index (χ4v) is 2.51. The van der Waals surface area contributed by atoms with E-state index in [2.05, 4.69) is 35.9 Å². The van der Waals surface area contributed by atoms with E-state index in [0.29, 0.717) is 5.15 Å². The minimum Gasteiger partial charge on any atom is -0.255 e. The quantitative estimate of drug-likeness (QED) is 0.693. The van der Waals surface area contributed by atoms with Crippen LogP contribution in [0.3, 0.4) is 0 Å². The highest BCUT2D eigenvalue weighted by Crippen LogP contribution is 2.46. The predicted octanol–water partition coefficient (Wildman–Crippen LogP) is 3.44. The molecule has 0 saturated carbocycles. The summed E-state index contributed by atoms with van der Waals surface area (Å²) in [4.78, 5) is 8.83. The number of hydrogen-bond donors (Lipinski definition) is 0. The topological polar surface area (TPSA) is 25.8 Å². The highest BCUT2D eigenvalue weighted by Gasteiger charge is 2.37. The Morgan fingerprint density at radius 1 is 1.19 bits per heavy atom. The largest absolute Gasteiger partial charge is 0.255 e. The lowest BCUT2D eigenvalue weighted by atomic mass is 9.85. The van der Waals surface area contributed by atoms with Gasteiger partial charge in [0.15, 0.2) is 0 Å². The third-order valence-electron chi connectivity index (χ3n) is 3.19. The van der Waals surface area contributed by atoms with Crippen LogP contribution in [0, 0.1) is 0 Å². The highest BCUT2D eigenvalue weighted by molar-refractivity contribution is 6.29. The van der Waals surface area contributed by atoms with Crippen LogP contribution in [0.2, 0.25) is 5.15 Å². The summed E-state index contributed by atoms with van der Waals surface area (Å²) in [5, 5.41) is 0.450. The van der Waals surface area contributed by atoms with Crippen LogP contribution in [0.1, 0.15) is 25.1 Å². The van der Waals surface area contributed by atoms with Crippen molar-refractivity contribution in [3.63, 3.8) is 0 Å². The molecule has 3 rings (SSSR count). The molecule has 0 unspecified atom stereocenters. The molecular formula is C13H11ClN2. The molecule has 0 fully saturated rings. The molecule has 0 aliphatic heterocycles. The van der Waals surface area contributed by atoms with Crippen molar-refractivity contribution in [2.24, 2.45) is 0 Å². The Bertz CT molecular complexity index is 576. The molecule has 1 heterocycles. The first-order valence-electron chi connectivity index (χ1n) is 5.23. The fraction of sp³-hybridized carbons (Fsp3) is 0.231. The fourth-order valence-electron chi connectivity index (χ4n) is 2.37. The first-order valence-corrected chi connectivity index (χ1v) is 5.61. The molecule has 2 nitrogen and oxygen atoms in total. The van der Waals surface area contributed by atoms with E-state index >= 15 is 0 Å². The molecule has 3 heteroatoms. The van der Waals surface area contributed by atoms with Crippen molar-refractivity contribution in [3.05, 3.63) is 46.9 Å². The SMILES string of the molecule is CC1(C)c2ccccc2-c2nc(Cl)cnc21. The average Bonchev–Trinajstić information content (AvgIpc) is 2.49. The number of benzene rings is 1. The van der Waals surface area contributed by atoms with E-state index < -0.39 is 0 Å². The standard InChI is InChI=1S/C13H11ClN2/c1-13(2)9-6-4-3-5-8(9)11-12(13)15-7-10(14)16-11/h3-7H,1-2H3. The Balaban J connectivity index is 2.40. The van der Waals surface area contributed by atoms with Crippen molar-refractivity contribution < 1.29 is 0 Å². The summed E-state index contributed by atoms with van der Waals surface area (Å²) in [6, 6.07) is 8.28. The second-order valence-electron chi connectivity index (χ2n) is 4.56. The summed E-state index contributed by atoms with van der Waals surface area (Å²) < 4.78 is 0. The maximum atomic E-state index is 5.91. The minimum absolute atomic E-state index is 0.0798. The van der Waals surface area contributed by atoms with E-state index in [1.807, 2.05) is 12.1 Å². The molecule has 1 aromatic heterocycles. The lowest BCUT2D eigenvalue weighted by molar-refractivity contribution is 0.635. The molecule has 1 aliphatic carbocycles. The number of hydrogen-bond acceptors (Lipinski definition) is 2. The molecule has 1 aliphatic rings. The predicted molar refractivity (Wildman–Crippen MR) is 64.6 cm³/mol. The second-order valence-corrected chi connectivity index (χ2v) is 4.95. The third-order valence-corrected chi connectivity index (χ3v) is 3.37. The molecule has 16 heavy (non-hydrogen) atoms. The van der Waals surface area contributed by atoms with E-state index in [1.165, 1.54) is 5.56 Å². The van der Waals surface area contributed by atoms with Crippen LogP contribution in [0.4, 0.5) is 0 Å². The lowest BCUT2D eigenvalue weighted by Crippen LogP contribution is -2.16. The van der Waals surface area contributed by atoms with Gasteiger partial charge in [-0.3, -0.25) is 4.98 Å². The molecule has 0 atom stereocenters. The first-order chi connectivity index (χ1) is 7.60. The van der Waals surface area contributed by atoms with Crippen LogP contribution in [0.25, 0.3) is 11.3 Å². The van der Waals surface area contributed by atoms with Crippen LogP contribution in [0.15, 0.2) is 30.5 Å². The van der Waals surface area contributed by atoms with Crippen molar-refractivity contribution >= 4 is 11.6 Å². The van der Waals surface area contributed by atoms with E-state index in [1.54, 1.807) is 6.20 Å². The number of aromatic nitrogens is 2. The van der Waals surface area contributed by atoms with Gasteiger partial charge in [0.05, 0.1) is 17.6 Å². The monoisotopic (exact) mass is 230 g/mol. The Hall–Kier alpha value is -1.41. The number of rotatable bonds is 0. The van der Waals surface area contributed by atoms with Gasteiger partial charge in [0.1, 0.15) is 5.15 Å². The van der Waals surface area contributed by atoms with Gasteiger partial charge < -0.3 is 0 Å². The van der Waals surface area contributed by atoms with Gasteiger partial charge in [-0.05, 0) is 5.56 Å². The maximum Gasteiger partial charge on any atom is 0.148 e. The summed E-state index contributed by atoms with van der Waals surface area (Å²) in [6.07, 6.45) is 1.62. The molecule has 80 valence electrons. The van der Waals surface area contributed by atoms with Crippen molar-refractivity contribution in [1.82, 2.24) is 9.97 Å². The second kappa shape index (κ2) is 3.05. The van der Waals surface area contributed by atoms with Crippen LogP contribution in [-0.2, 0) is 5.41 Å². The molecule has 0 saturated heterocycles. The molecule has 0 radical (unpaired) electrons. The lowest BCUT2D eigenvalue weighted by Gasteiger charge is -2.19. The van der Waals surface area contributed by atoms with Crippen LogP contribution in [-0.4, -0.2) is 9.97 Å². The average molecular weight is 231 g/mol. The molecule has 0 N–H and O–H groups in total. The highest BCUT2D eigenvalue weighted by atomic mass is 35.5. The van der Waals surface area contributed by atoms with E-state index in [4.69, 9.17) is 11.6 Å².